The number of aryl methyl sites for hydroxylation is 1. The smallest absolute Gasteiger partial charge is 0.176 e. The van der Waals surface area contributed by atoms with E-state index >= 15 is 0 Å². The molecule has 1 aromatic heterocycles. The number of hydrogen-bond acceptors (Lipinski definition) is 6. The van der Waals surface area contributed by atoms with Crippen LogP contribution in [0.3, 0.4) is 0 Å². The molecule has 3 rings (SSSR count). The fourth-order valence-electron chi connectivity index (χ4n) is 2.81. The lowest BCUT2D eigenvalue weighted by atomic mass is 10.2. The summed E-state index contributed by atoms with van der Waals surface area (Å²) < 4.78 is 11.4. The lowest BCUT2D eigenvalue weighted by molar-refractivity contribution is 0.0195. The number of tetrazole rings is 1. The summed E-state index contributed by atoms with van der Waals surface area (Å²) in [4.78, 5) is 2.30. The predicted molar refractivity (Wildman–Crippen MR) is 91.1 cm³/mol. The van der Waals surface area contributed by atoms with Crippen molar-refractivity contribution in [1.82, 2.24) is 20.6 Å². The summed E-state index contributed by atoms with van der Waals surface area (Å²) in [5, 5.41) is 14.2. The Bertz CT molecular complexity index is 582. The topological polar surface area (TPSA) is 76.2 Å². The van der Waals surface area contributed by atoms with Gasteiger partial charge in [-0.3, -0.25) is 0 Å². The average molecular weight is 331 g/mol. The highest BCUT2D eigenvalue weighted by Crippen LogP contribution is 2.16. The number of aromatic amines is 1. The van der Waals surface area contributed by atoms with E-state index in [4.69, 9.17) is 9.47 Å². The molecule has 0 saturated carbocycles. The van der Waals surface area contributed by atoms with Gasteiger partial charge in [0.25, 0.3) is 0 Å². The van der Waals surface area contributed by atoms with Gasteiger partial charge >= 0.3 is 0 Å². The van der Waals surface area contributed by atoms with Gasteiger partial charge in [-0.2, -0.15) is 5.21 Å². The molecule has 1 saturated heterocycles. The van der Waals surface area contributed by atoms with Crippen molar-refractivity contribution in [3.05, 3.63) is 35.7 Å². The molecule has 1 aliphatic rings. The van der Waals surface area contributed by atoms with Gasteiger partial charge in [-0.15, -0.1) is 10.2 Å². The summed E-state index contributed by atoms with van der Waals surface area (Å²) in [5.41, 5.74) is 2.44. The zero-order valence-corrected chi connectivity index (χ0v) is 14.1. The second-order valence-electron chi connectivity index (χ2n) is 6.11. The van der Waals surface area contributed by atoms with Gasteiger partial charge in [-0.25, -0.2) is 0 Å². The largest absolute Gasteiger partial charge is 0.377 e. The van der Waals surface area contributed by atoms with Crippen LogP contribution in [0.1, 0.15) is 24.2 Å². The van der Waals surface area contributed by atoms with E-state index in [9.17, 15) is 0 Å². The standard InChI is InChI=1S/C17H25N5O2/c1-14-4-6-15(7-5-14)22(9-8-17-18-20-21-19-17)10-12-23-13-16-3-2-11-24-16/h4-7,16H,2-3,8-13H2,1H3,(H,18,19,20,21). The number of aromatic nitrogens is 4. The van der Waals surface area contributed by atoms with Crippen molar-refractivity contribution in [1.29, 1.82) is 0 Å². The van der Waals surface area contributed by atoms with Crippen LogP contribution in [-0.2, 0) is 15.9 Å². The molecular formula is C17H25N5O2. The van der Waals surface area contributed by atoms with Gasteiger partial charge < -0.3 is 14.4 Å². The van der Waals surface area contributed by atoms with Crippen molar-refractivity contribution in [2.45, 2.75) is 32.3 Å². The number of benzene rings is 1. The molecule has 7 heteroatoms. The van der Waals surface area contributed by atoms with Crippen molar-refractivity contribution in [2.75, 3.05) is 37.8 Å². The van der Waals surface area contributed by atoms with Gasteiger partial charge in [-0.1, -0.05) is 22.9 Å². The van der Waals surface area contributed by atoms with Gasteiger partial charge in [0.2, 0.25) is 0 Å². The van der Waals surface area contributed by atoms with Crippen LogP contribution in [0.4, 0.5) is 5.69 Å². The quantitative estimate of drug-likeness (QED) is 0.706. The van der Waals surface area contributed by atoms with Crippen molar-refractivity contribution in [3.63, 3.8) is 0 Å². The minimum Gasteiger partial charge on any atom is -0.377 e. The summed E-state index contributed by atoms with van der Waals surface area (Å²) in [6, 6.07) is 8.55. The number of nitrogens with zero attached hydrogens (tertiary/aromatic N) is 4. The Labute approximate surface area is 142 Å². The maximum absolute atomic E-state index is 5.81. The summed E-state index contributed by atoms with van der Waals surface area (Å²) in [6.07, 6.45) is 3.28. The molecule has 0 aliphatic carbocycles. The minimum absolute atomic E-state index is 0.275. The van der Waals surface area contributed by atoms with Crippen molar-refractivity contribution < 1.29 is 9.47 Å². The maximum Gasteiger partial charge on any atom is 0.176 e. The van der Waals surface area contributed by atoms with E-state index in [1.807, 2.05) is 0 Å². The van der Waals surface area contributed by atoms with Crippen LogP contribution >= 0.6 is 0 Å². The van der Waals surface area contributed by atoms with Crippen molar-refractivity contribution in [2.24, 2.45) is 0 Å². The van der Waals surface area contributed by atoms with Crippen LogP contribution in [0.15, 0.2) is 24.3 Å². The Morgan fingerprint density at radius 3 is 2.88 bits per heavy atom. The Balaban J connectivity index is 1.51. The third kappa shape index (κ3) is 5.01. The zero-order valence-electron chi connectivity index (χ0n) is 14.1. The summed E-state index contributed by atoms with van der Waals surface area (Å²) >= 11 is 0. The molecule has 1 aliphatic heterocycles. The average Bonchev–Trinajstić information content (AvgIpc) is 3.29. The molecule has 2 aromatic rings. The highest BCUT2D eigenvalue weighted by atomic mass is 16.5. The number of hydrogen-bond donors (Lipinski definition) is 1. The van der Waals surface area contributed by atoms with E-state index in [-0.39, 0.29) is 6.10 Å². The highest BCUT2D eigenvalue weighted by molar-refractivity contribution is 5.47. The fraction of sp³-hybridized carbons (Fsp3) is 0.588. The van der Waals surface area contributed by atoms with Crippen LogP contribution in [-0.4, -0.2) is 59.6 Å². The number of H-pyrrole nitrogens is 1. The highest BCUT2D eigenvalue weighted by Gasteiger charge is 2.15. The van der Waals surface area contributed by atoms with Gasteiger partial charge in [0.1, 0.15) is 0 Å². The first kappa shape index (κ1) is 16.9. The van der Waals surface area contributed by atoms with Gasteiger partial charge in [0, 0.05) is 31.8 Å². The van der Waals surface area contributed by atoms with Gasteiger partial charge in [0.05, 0.1) is 19.3 Å². The zero-order chi connectivity index (χ0) is 16.6. The predicted octanol–water partition coefficient (Wildman–Crippen LogP) is 1.75. The molecule has 1 aromatic carbocycles. The minimum atomic E-state index is 0.275. The number of nitrogens with one attached hydrogen (secondary N) is 1. The molecule has 1 fully saturated rings. The maximum atomic E-state index is 5.81. The van der Waals surface area contributed by atoms with Crippen LogP contribution in [0.25, 0.3) is 0 Å². The SMILES string of the molecule is Cc1ccc(N(CCOCC2CCCO2)CCc2nn[nH]n2)cc1. The summed E-state index contributed by atoms with van der Waals surface area (Å²) in [5.74, 6) is 0.729. The molecule has 7 nitrogen and oxygen atoms in total. The lowest BCUT2D eigenvalue weighted by Gasteiger charge is -2.25. The van der Waals surface area contributed by atoms with Gasteiger partial charge in [0.15, 0.2) is 5.82 Å². The van der Waals surface area contributed by atoms with E-state index in [0.29, 0.717) is 13.2 Å². The molecule has 0 amide bonds. The normalized spacial score (nSPS) is 17.3. The fourth-order valence-corrected chi connectivity index (χ4v) is 2.81. The van der Waals surface area contributed by atoms with Crippen LogP contribution in [0.5, 0.6) is 0 Å². The monoisotopic (exact) mass is 331 g/mol. The van der Waals surface area contributed by atoms with E-state index in [1.165, 1.54) is 11.3 Å². The first-order chi connectivity index (χ1) is 11.8. The molecule has 1 unspecified atom stereocenters. The Morgan fingerprint density at radius 1 is 1.29 bits per heavy atom. The van der Waals surface area contributed by atoms with E-state index in [0.717, 1.165) is 44.8 Å². The number of ether oxygens (including phenoxy) is 2. The van der Waals surface area contributed by atoms with E-state index < -0.39 is 0 Å². The third-order valence-electron chi connectivity index (χ3n) is 4.23. The second-order valence-corrected chi connectivity index (χ2v) is 6.11. The van der Waals surface area contributed by atoms with Gasteiger partial charge in [-0.05, 0) is 31.9 Å². The second kappa shape index (κ2) is 8.75. The van der Waals surface area contributed by atoms with Crippen LogP contribution in [0.2, 0.25) is 0 Å². The van der Waals surface area contributed by atoms with Crippen molar-refractivity contribution >= 4 is 5.69 Å². The van der Waals surface area contributed by atoms with Crippen LogP contribution in [0, 0.1) is 6.92 Å². The molecule has 0 spiro atoms. The molecule has 0 bridgehead atoms. The number of anilines is 1. The summed E-state index contributed by atoms with van der Waals surface area (Å²) in [6.45, 7) is 5.98. The van der Waals surface area contributed by atoms with E-state index in [2.05, 4.69) is 56.7 Å². The Morgan fingerprint density at radius 2 is 2.17 bits per heavy atom. The molecular weight excluding hydrogens is 306 g/mol. The molecule has 1 N–H and O–H groups in total. The summed E-state index contributed by atoms with van der Waals surface area (Å²) in [7, 11) is 0. The first-order valence-corrected chi connectivity index (χ1v) is 8.54. The Kier molecular flexibility index (Phi) is 6.14. The Hall–Kier alpha value is -1.99. The molecule has 24 heavy (non-hydrogen) atoms. The van der Waals surface area contributed by atoms with Crippen molar-refractivity contribution in [3.8, 4) is 0 Å². The molecule has 1 atom stereocenters. The molecule has 130 valence electrons. The molecule has 0 radical (unpaired) electrons. The third-order valence-corrected chi connectivity index (χ3v) is 4.23. The van der Waals surface area contributed by atoms with Crippen LogP contribution < -0.4 is 4.90 Å². The lowest BCUT2D eigenvalue weighted by Crippen LogP contribution is -2.30. The number of rotatable bonds is 9. The first-order valence-electron chi connectivity index (χ1n) is 8.54. The van der Waals surface area contributed by atoms with E-state index in [1.54, 1.807) is 0 Å². The molecule has 2 heterocycles.